The summed E-state index contributed by atoms with van der Waals surface area (Å²) in [5.74, 6) is -2.72. The number of carbonyl (C=O) groups is 1. The van der Waals surface area contributed by atoms with Crippen LogP contribution in [0.5, 0.6) is 5.75 Å². The number of carbonyl (C=O) groups excluding carboxylic acids is 1. The van der Waals surface area contributed by atoms with E-state index < -0.39 is 12.1 Å². The van der Waals surface area contributed by atoms with Crippen molar-refractivity contribution in [2.24, 2.45) is 5.18 Å². The van der Waals surface area contributed by atoms with Crippen LogP contribution in [0.25, 0.3) is 0 Å². The lowest BCUT2D eigenvalue weighted by molar-refractivity contribution is -0.189. The molecule has 7 heteroatoms. The fourth-order valence-corrected chi connectivity index (χ4v) is 0.769. The van der Waals surface area contributed by atoms with Crippen LogP contribution in [0.3, 0.4) is 0 Å². The standard InChI is InChI=1S/C8H4F3NO3/c9-8(10,11)7(13)15-6-3-1-2-5(4-6)12-14/h1-4H. The first-order valence-electron chi connectivity index (χ1n) is 3.66. The van der Waals surface area contributed by atoms with E-state index in [-0.39, 0.29) is 11.4 Å². The molecule has 0 aliphatic carbocycles. The minimum atomic E-state index is -5.06. The lowest BCUT2D eigenvalue weighted by Gasteiger charge is -2.06. The maximum atomic E-state index is 11.8. The second-order valence-corrected chi connectivity index (χ2v) is 2.48. The van der Waals surface area contributed by atoms with Gasteiger partial charge in [0.25, 0.3) is 0 Å². The van der Waals surface area contributed by atoms with Crippen molar-refractivity contribution in [2.75, 3.05) is 0 Å². The summed E-state index contributed by atoms with van der Waals surface area (Å²) in [4.78, 5) is 20.4. The third-order valence-electron chi connectivity index (χ3n) is 1.37. The number of hydrogen-bond donors (Lipinski definition) is 0. The van der Waals surface area contributed by atoms with Crippen molar-refractivity contribution in [2.45, 2.75) is 6.18 Å². The zero-order chi connectivity index (χ0) is 11.5. The lowest BCUT2D eigenvalue weighted by Crippen LogP contribution is -2.27. The number of hydrogen-bond acceptors (Lipinski definition) is 4. The molecular weight excluding hydrogens is 215 g/mol. The lowest BCUT2D eigenvalue weighted by atomic mass is 10.3. The Kier molecular flexibility index (Phi) is 3.03. The van der Waals surface area contributed by atoms with Gasteiger partial charge < -0.3 is 4.74 Å². The normalized spacial score (nSPS) is 10.9. The molecule has 0 spiro atoms. The van der Waals surface area contributed by atoms with E-state index in [1.54, 1.807) is 0 Å². The molecule has 1 aromatic rings. The van der Waals surface area contributed by atoms with Crippen LogP contribution in [0.15, 0.2) is 29.4 Å². The zero-order valence-electron chi connectivity index (χ0n) is 7.12. The number of benzene rings is 1. The van der Waals surface area contributed by atoms with Crippen molar-refractivity contribution in [3.8, 4) is 5.75 Å². The van der Waals surface area contributed by atoms with Gasteiger partial charge in [-0.05, 0) is 17.3 Å². The fraction of sp³-hybridized carbons (Fsp3) is 0.125. The summed E-state index contributed by atoms with van der Waals surface area (Å²) < 4.78 is 39.2. The van der Waals surface area contributed by atoms with Crippen molar-refractivity contribution in [1.82, 2.24) is 0 Å². The van der Waals surface area contributed by atoms with Crippen molar-refractivity contribution < 1.29 is 22.7 Å². The molecule has 0 heterocycles. The summed E-state index contributed by atoms with van der Waals surface area (Å²) in [6, 6.07) is 4.54. The number of esters is 1. The molecule has 0 aliphatic heterocycles. The summed E-state index contributed by atoms with van der Waals surface area (Å²) in [5.41, 5.74) is -0.123. The van der Waals surface area contributed by atoms with Gasteiger partial charge in [0, 0.05) is 6.07 Å². The van der Waals surface area contributed by atoms with E-state index in [9.17, 15) is 22.9 Å². The molecule has 0 saturated carbocycles. The Morgan fingerprint density at radius 2 is 2.00 bits per heavy atom. The molecule has 0 atom stereocenters. The van der Waals surface area contributed by atoms with Gasteiger partial charge in [-0.2, -0.15) is 13.2 Å². The van der Waals surface area contributed by atoms with Crippen LogP contribution in [-0.2, 0) is 4.79 Å². The SMILES string of the molecule is O=Nc1cccc(OC(=O)C(F)(F)F)c1. The van der Waals surface area contributed by atoms with Crippen LogP contribution in [-0.4, -0.2) is 12.1 Å². The first-order valence-corrected chi connectivity index (χ1v) is 3.66. The minimum Gasteiger partial charge on any atom is -0.420 e. The number of rotatable bonds is 2. The molecule has 0 unspecified atom stereocenters. The minimum absolute atomic E-state index is 0.123. The van der Waals surface area contributed by atoms with E-state index in [2.05, 4.69) is 9.91 Å². The molecule has 0 N–H and O–H groups in total. The van der Waals surface area contributed by atoms with E-state index >= 15 is 0 Å². The summed E-state index contributed by atoms with van der Waals surface area (Å²) in [6.07, 6.45) is -5.06. The van der Waals surface area contributed by atoms with Crippen molar-refractivity contribution in [3.63, 3.8) is 0 Å². The molecule has 1 aromatic carbocycles. The van der Waals surface area contributed by atoms with E-state index in [4.69, 9.17) is 0 Å². The molecule has 0 aliphatic rings. The number of ether oxygens (including phenoxy) is 1. The predicted octanol–water partition coefficient (Wildman–Crippen LogP) is 2.55. The molecule has 0 bridgehead atoms. The second kappa shape index (κ2) is 4.07. The Balaban J connectivity index is 2.81. The first kappa shape index (κ1) is 11.2. The molecule has 0 radical (unpaired) electrons. The van der Waals surface area contributed by atoms with Crippen molar-refractivity contribution in [3.05, 3.63) is 29.2 Å². The topological polar surface area (TPSA) is 55.7 Å². The molecule has 0 amide bonds. The number of nitroso groups, excluding NO2 is 1. The molecule has 0 aromatic heterocycles. The summed E-state index contributed by atoms with van der Waals surface area (Å²) in [6.45, 7) is 0. The summed E-state index contributed by atoms with van der Waals surface area (Å²) >= 11 is 0. The van der Waals surface area contributed by atoms with Crippen molar-refractivity contribution in [1.29, 1.82) is 0 Å². The highest BCUT2D eigenvalue weighted by atomic mass is 19.4. The van der Waals surface area contributed by atoms with Gasteiger partial charge in [-0.15, -0.1) is 4.91 Å². The Morgan fingerprint density at radius 1 is 1.33 bits per heavy atom. The number of nitrogens with zero attached hydrogens (tertiary/aromatic N) is 1. The molecule has 0 fully saturated rings. The molecule has 80 valence electrons. The van der Waals surface area contributed by atoms with Gasteiger partial charge in [-0.1, -0.05) is 6.07 Å². The molecule has 1 rings (SSSR count). The highest BCUT2D eigenvalue weighted by Gasteiger charge is 2.41. The first-order chi connectivity index (χ1) is 6.93. The second-order valence-electron chi connectivity index (χ2n) is 2.48. The van der Waals surface area contributed by atoms with Crippen LogP contribution in [0.1, 0.15) is 0 Å². The largest absolute Gasteiger partial charge is 0.491 e. The van der Waals surface area contributed by atoms with Gasteiger partial charge in [-0.25, -0.2) is 4.79 Å². The van der Waals surface area contributed by atoms with Gasteiger partial charge in [0.1, 0.15) is 11.4 Å². The monoisotopic (exact) mass is 219 g/mol. The molecule has 4 nitrogen and oxygen atoms in total. The van der Waals surface area contributed by atoms with E-state index in [0.717, 1.165) is 12.1 Å². The number of halogens is 3. The predicted molar refractivity (Wildman–Crippen MR) is 43.6 cm³/mol. The Morgan fingerprint density at radius 3 is 2.53 bits per heavy atom. The third kappa shape index (κ3) is 3.04. The average Bonchev–Trinajstić information content (AvgIpc) is 2.16. The van der Waals surface area contributed by atoms with E-state index in [1.807, 2.05) is 0 Å². The van der Waals surface area contributed by atoms with Crippen LogP contribution < -0.4 is 4.74 Å². The molecule has 15 heavy (non-hydrogen) atoms. The maximum absolute atomic E-state index is 11.8. The quantitative estimate of drug-likeness (QED) is 0.436. The van der Waals surface area contributed by atoms with Crippen molar-refractivity contribution >= 4 is 11.7 Å². The van der Waals surface area contributed by atoms with Crippen LogP contribution in [0.2, 0.25) is 0 Å². The van der Waals surface area contributed by atoms with E-state index in [1.165, 1.54) is 12.1 Å². The Hall–Kier alpha value is -1.92. The van der Waals surface area contributed by atoms with Gasteiger partial charge in [0.15, 0.2) is 0 Å². The fourth-order valence-electron chi connectivity index (χ4n) is 0.769. The summed E-state index contributed by atoms with van der Waals surface area (Å²) in [5, 5.41) is 2.48. The van der Waals surface area contributed by atoms with Gasteiger partial charge in [-0.3, -0.25) is 0 Å². The highest BCUT2D eigenvalue weighted by molar-refractivity contribution is 5.78. The molecular formula is C8H4F3NO3. The Labute approximate surface area is 81.6 Å². The maximum Gasteiger partial charge on any atom is 0.491 e. The summed E-state index contributed by atoms with van der Waals surface area (Å²) in [7, 11) is 0. The van der Waals surface area contributed by atoms with Gasteiger partial charge in [0.2, 0.25) is 0 Å². The van der Waals surface area contributed by atoms with Gasteiger partial charge in [0.05, 0.1) is 0 Å². The smallest absolute Gasteiger partial charge is 0.420 e. The van der Waals surface area contributed by atoms with Crippen LogP contribution >= 0.6 is 0 Å². The molecule has 0 saturated heterocycles. The Bertz CT molecular complexity index is 389. The zero-order valence-corrected chi connectivity index (χ0v) is 7.12. The third-order valence-corrected chi connectivity index (χ3v) is 1.37. The number of alkyl halides is 3. The van der Waals surface area contributed by atoms with Crippen LogP contribution in [0, 0.1) is 4.91 Å². The average molecular weight is 219 g/mol. The van der Waals surface area contributed by atoms with Crippen LogP contribution in [0.4, 0.5) is 18.9 Å². The highest BCUT2D eigenvalue weighted by Crippen LogP contribution is 2.23. The van der Waals surface area contributed by atoms with Gasteiger partial charge >= 0.3 is 12.1 Å². The van der Waals surface area contributed by atoms with E-state index in [0.29, 0.717) is 0 Å².